The van der Waals surface area contributed by atoms with E-state index in [1.165, 1.54) is 27.3 Å². The van der Waals surface area contributed by atoms with Gasteiger partial charge in [0, 0.05) is 35.3 Å². The summed E-state index contributed by atoms with van der Waals surface area (Å²) in [7, 11) is 0. The van der Waals surface area contributed by atoms with E-state index in [-0.39, 0.29) is 23.2 Å². The Labute approximate surface area is 272 Å². The lowest BCUT2D eigenvalue weighted by Gasteiger charge is -2.31. The van der Waals surface area contributed by atoms with E-state index in [2.05, 4.69) is 24.1 Å². The number of thioether (sulfide) groups is 1. The lowest BCUT2D eigenvalue weighted by atomic mass is 9.83. The lowest BCUT2D eigenvalue weighted by molar-refractivity contribution is -0.122. The number of halogens is 2. The maximum absolute atomic E-state index is 14.1. The highest BCUT2D eigenvalue weighted by Crippen LogP contribution is 2.54. The number of amides is 3. The van der Waals surface area contributed by atoms with E-state index >= 15 is 0 Å². The smallest absolute Gasteiger partial charge is 0.308 e. The highest BCUT2D eigenvalue weighted by Gasteiger charge is 2.56. The third-order valence-corrected chi connectivity index (χ3v) is 11.3. The summed E-state index contributed by atoms with van der Waals surface area (Å²) >= 11 is 14.3. The first-order chi connectivity index (χ1) is 21.2. The molecule has 6 rings (SSSR count). The number of anilines is 3. The van der Waals surface area contributed by atoms with Gasteiger partial charge in [-0.05, 0) is 61.9 Å². The highest BCUT2D eigenvalue weighted by atomic mass is 35.5. The first-order valence-corrected chi connectivity index (χ1v) is 16.6. The van der Waals surface area contributed by atoms with Crippen LogP contribution in [0.15, 0.2) is 82.6 Å². The van der Waals surface area contributed by atoms with Crippen LogP contribution in [0.25, 0.3) is 0 Å². The van der Waals surface area contributed by atoms with Gasteiger partial charge in [0.1, 0.15) is 11.8 Å². The van der Waals surface area contributed by atoms with Gasteiger partial charge in [0.2, 0.25) is 17.7 Å². The van der Waals surface area contributed by atoms with Gasteiger partial charge in [-0.15, -0.1) is 0 Å². The molecule has 1 fully saturated rings. The molecule has 1 N–H and O–H groups in total. The number of rotatable bonds is 8. The third-order valence-electron chi connectivity index (χ3n) is 7.95. The fraction of sp³-hybridized carbons (Fsp3) is 0.250. The minimum Gasteiger partial charge on any atom is -0.372 e. The molecular formula is C32H28Cl2N4O4S2. The predicted octanol–water partition coefficient (Wildman–Crippen LogP) is 6.50. The third kappa shape index (κ3) is 5.45. The van der Waals surface area contributed by atoms with Crippen molar-refractivity contribution < 1.29 is 14.4 Å². The molecule has 2 aliphatic rings. The number of hydrogen-bond acceptors (Lipinski definition) is 7. The number of imide groups is 1. The SMILES string of the molecule is CCN(CC)c1ccc([C@H]2c3sc(=O)n(CC(=O)Nc4ccc(Cl)c(Cl)c4)c3SC3C(=O)N(c4ccccc4)C(=O)C32)cc1. The molecule has 226 valence electrons. The molecule has 0 radical (unpaired) electrons. The fourth-order valence-corrected chi connectivity index (χ4v) is 8.92. The van der Waals surface area contributed by atoms with Crippen LogP contribution in [-0.2, 0) is 20.9 Å². The van der Waals surface area contributed by atoms with Gasteiger partial charge in [0.05, 0.1) is 26.7 Å². The van der Waals surface area contributed by atoms with E-state index in [0.717, 1.165) is 35.7 Å². The van der Waals surface area contributed by atoms with Gasteiger partial charge in [-0.1, -0.05) is 76.6 Å². The van der Waals surface area contributed by atoms with Crippen LogP contribution < -0.4 is 20.0 Å². The standard InChI is InChI=1S/C32H28Cl2N4O4S2/c1-3-36(4-2)20-13-10-18(11-14-20)25-26-27(30(41)38(29(26)40)21-8-6-5-7-9-21)43-31-28(25)44-32(42)37(31)17-24(39)35-19-12-15-22(33)23(34)16-19/h5-16,25-27H,3-4,17H2,1-2H3,(H,35,39)/t25-,26?,27?/m1/s1. The number of carbonyl (C=O) groups is 3. The Morgan fingerprint density at radius 2 is 1.61 bits per heavy atom. The summed E-state index contributed by atoms with van der Waals surface area (Å²) in [6, 6.07) is 21.6. The van der Waals surface area contributed by atoms with Crippen molar-refractivity contribution in [3.8, 4) is 0 Å². The molecule has 3 atom stereocenters. The van der Waals surface area contributed by atoms with E-state index < -0.39 is 23.0 Å². The maximum Gasteiger partial charge on any atom is 0.308 e. The molecule has 44 heavy (non-hydrogen) atoms. The molecular weight excluding hydrogens is 639 g/mol. The molecule has 1 aromatic heterocycles. The van der Waals surface area contributed by atoms with Crippen molar-refractivity contribution in [3.63, 3.8) is 0 Å². The van der Waals surface area contributed by atoms with Crippen LogP contribution in [0.5, 0.6) is 0 Å². The number of nitrogens with zero attached hydrogens (tertiary/aromatic N) is 3. The van der Waals surface area contributed by atoms with Crippen LogP contribution in [0.1, 0.15) is 30.2 Å². The van der Waals surface area contributed by atoms with Crippen molar-refractivity contribution in [1.82, 2.24) is 4.57 Å². The Kier molecular flexibility index (Phi) is 8.61. The topological polar surface area (TPSA) is 91.7 Å². The van der Waals surface area contributed by atoms with Gasteiger partial charge in [0.25, 0.3) is 0 Å². The van der Waals surface area contributed by atoms with Crippen LogP contribution >= 0.6 is 46.3 Å². The number of fused-ring (bicyclic) bond motifs is 2. The maximum atomic E-state index is 14.1. The molecule has 2 aliphatic heterocycles. The number of thiazole rings is 1. The molecule has 12 heteroatoms. The molecule has 3 heterocycles. The van der Waals surface area contributed by atoms with Crippen LogP contribution in [-0.4, -0.2) is 40.6 Å². The van der Waals surface area contributed by atoms with Crippen molar-refractivity contribution in [2.24, 2.45) is 5.92 Å². The summed E-state index contributed by atoms with van der Waals surface area (Å²) in [5, 5.41) is 3.17. The molecule has 8 nitrogen and oxygen atoms in total. The molecule has 2 unspecified atom stereocenters. The number of aromatic nitrogens is 1. The Balaban J connectivity index is 1.40. The molecule has 3 aromatic carbocycles. The fourth-order valence-electron chi connectivity index (χ4n) is 5.85. The molecule has 3 amide bonds. The lowest BCUT2D eigenvalue weighted by Crippen LogP contribution is -2.33. The van der Waals surface area contributed by atoms with Gasteiger partial charge < -0.3 is 10.2 Å². The van der Waals surface area contributed by atoms with Crippen molar-refractivity contribution in [2.75, 3.05) is 28.2 Å². The van der Waals surface area contributed by atoms with Crippen molar-refractivity contribution in [1.29, 1.82) is 0 Å². The van der Waals surface area contributed by atoms with E-state index in [1.54, 1.807) is 36.4 Å². The molecule has 0 aliphatic carbocycles. The van der Waals surface area contributed by atoms with Gasteiger partial charge in [-0.25, -0.2) is 4.90 Å². The molecule has 1 saturated heterocycles. The van der Waals surface area contributed by atoms with E-state index in [1.807, 2.05) is 30.3 Å². The Morgan fingerprint density at radius 3 is 2.27 bits per heavy atom. The van der Waals surface area contributed by atoms with Gasteiger partial charge in [-0.3, -0.25) is 23.7 Å². The normalized spacial score (nSPS) is 19.1. The van der Waals surface area contributed by atoms with Crippen LogP contribution in [0.3, 0.4) is 0 Å². The minimum atomic E-state index is -0.763. The molecule has 0 bridgehead atoms. The Morgan fingerprint density at radius 1 is 0.909 bits per heavy atom. The van der Waals surface area contributed by atoms with Gasteiger partial charge in [-0.2, -0.15) is 0 Å². The zero-order valence-corrected chi connectivity index (χ0v) is 27.0. The second kappa shape index (κ2) is 12.4. The molecule has 0 spiro atoms. The van der Waals surface area contributed by atoms with Crippen molar-refractivity contribution in [3.05, 3.63) is 103 Å². The Bertz CT molecular complexity index is 1810. The summed E-state index contributed by atoms with van der Waals surface area (Å²) < 4.78 is 1.40. The van der Waals surface area contributed by atoms with Gasteiger partial charge >= 0.3 is 4.87 Å². The summed E-state index contributed by atoms with van der Waals surface area (Å²) in [6.07, 6.45) is 0. The predicted molar refractivity (Wildman–Crippen MR) is 178 cm³/mol. The molecule has 4 aromatic rings. The number of hydrogen-bond donors (Lipinski definition) is 1. The quantitative estimate of drug-likeness (QED) is 0.216. The van der Waals surface area contributed by atoms with Crippen molar-refractivity contribution >= 4 is 81.1 Å². The van der Waals surface area contributed by atoms with Crippen LogP contribution in [0.2, 0.25) is 10.0 Å². The van der Waals surface area contributed by atoms with Crippen molar-refractivity contribution in [2.45, 2.75) is 36.6 Å². The summed E-state index contributed by atoms with van der Waals surface area (Å²) in [5.41, 5.74) is 2.83. The number of benzene rings is 3. The van der Waals surface area contributed by atoms with E-state index in [4.69, 9.17) is 23.2 Å². The second-order valence-electron chi connectivity index (χ2n) is 10.5. The van der Waals surface area contributed by atoms with Gasteiger partial charge in [0.15, 0.2) is 0 Å². The Hall–Kier alpha value is -3.57. The summed E-state index contributed by atoms with van der Waals surface area (Å²) in [4.78, 5) is 58.3. The first-order valence-electron chi connectivity index (χ1n) is 14.1. The van der Waals surface area contributed by atoms with Crippen LogP contribution in [0, 0.1) is 5.92 Å². The average molecular weight is 668 g/mol. The first kappa shape index (κ1) is 30.5. The monoisotopic (exact) mass is 666 g/mol. The minimum absolute atomic E-state index is 0.270. The van der Waals surface area contributed by atoms with E-state index in [0.29, 0.717) is 31.3 Å². The van der Waals surface area contributed by atoms with E-state index in [9.17, 15) is 19.2 Å². The molecule has 0 saturated carbocycles. The summed E-state index contributed by atoms with van der Waals surface area (Å²) in [5.74, 6) is -2.32. The number of para-hydroxylation sites is 1. The summed E-state index contributed by atoms with van der Waals surface area (Å²) in [6.45, 7) is 5.60. The van der Waals surface area contributed by atoms with Crippen LogP contribution in [0.4, 0.5) is 17.1 Å². The largest absolute Gasteiger partial charge is 0.372 e. The zero-order chi connectivity index (χ0) is 31.1. The number of carbonyl (C=O) groups excluding carboxylic acids is 3. The zero-order valence-electron chi connectivity index (χ0n) is 23.8. The highest BCUT2D eigenvalue weighted by molar-refractivity contribution is 8.00. The average Bonchev–Trinajstić information content (AvgIpc) is 3.46. The number of nitrogens with one attached hydrogen (secondary N) is 1. The second-order valence-corrected chi connectivity index (χ2v) is 13.4.